The van der Waals surface area contributed by atoms with E-state index in [1.165, 1.54) is 5.56 Å². The lowest BCUT2D eigenvalue weighted by Crippen LogP contribution is -2.08. The molecule has 0 saturated carbocycles. The number of nitrogens with one attached hydrogen (secondary N) is 1. The average molecular weight is 335 g/mol. The van der Waals surface area contributed by atoms with Gasteiger partial charge < -0.3 is 9.88 Å². The van der Waals surface area contributed by atoms with Crippen molar-refractivity contribution in [3.63, 3.8) is 0 Å². The molecule has 0 atom stereocenters. The summed E-state index contributed by atoms with van der Waals surface area (Å²) in [6, 6.07) is 18.6. The van der Waals surface area contributed by atoms with Gasteiger partial charge in [0.1, 0.15) is 10.0 Å². The van der Waals surface area contributed by atoms with Gasteiger partial charge in [-0.2, -0.15) is 0 Å². The smallest absolute Gasteiger partial charge is 0.204 e. The van der Waals surface area contributed by atoms with Crippen LogP contribution < -0.4 is 5.32 Å². The van der Waals surface area contributed by atoms with Crippen molar-refractivity contribution in [2.45, 2.75) is 20.0 Å². The lowest BCUT2D eigenvalue weighted by molar-refractivity contribution is 0.819. The van der Waals surface area contributed by atoms with Crippen LogP contribution in [0.25, 0.3) is 11.0 Å². The van der Waals surface area contributed by atoms with Crippen LogP contribution in [0.15, 0.2) is 54.6 Å². The fourth-order valence-corrected chi connectivity index (χ4v) is 3.35. The second-order valence-corrected chi connectivity index (χ2v) is 6.83. The van der Waals surface area contributed by atoms with E-state index >= 15 is 0 Å². The summed E-state index contributed by atoms with van der Waals surface area (Å²) >= 11 is 1.60. The van der Waals surface area contributed by atoms with Crippen molar-refractivity contribution in [2.24, 2.45) is 0 Å². The number of imidazole rings is 1. The van der Waals surface area contributed by atoms with Gasteiger partial charge in [-0.25, -0.2) is 4.98 Å². The molecule has 0 radical (unpaired) electrons. The Bertz CT molecular complexity index is 958. The van der Waals surface area contributed by atoms with Crippen LogP contribution in [-0.2, 0) is 13.1 Å². The van der Waals surface area contributed by atoms with Gasteiger partial charge >= 0.3 is 0 Å². The van der Waals surface area contributed by atoms with Crippen molar-refractivity contribution in [2.75, 3.05) is 5.32 Å². The van der Waals surface area contributed by atoms with Gasteiger partial charge in [0.2, 0.25) is 5.95 Å². The van der Waals surface area contributed by atoms with Gasteiger partial charge in [0.25, 0.3) is 0 Å². The maximum Gasteiger partial charge on any atom is 0.204 e. The maximum atomic E-state index is 4.74. The first kappa shape index (κ1) is 14.8. The Morgan fingerprint density at radius 1 is 1.00 bits per heavy atom. The number of hydrogen-bond acceptors (Lipinski definition) is 5. The second-order valence-electron chi connectivity index (χ2n) is 5.56. The zero-order chi connectivity index (χ0) is 16.4. The van der Waals surface area contributed by atoms with E-state index in [-0.39, 0.29) is 0 Å². The fraction of sp³-hybridized carbons (Fsp3) is 0.167. The van der Waals surface area contributed by atoms with Crippen LogP contribution in [0.4, 0.5) is 5.95 Å². The molecule has 0 fully saturated rings. The van der Waals surface area contributed by atoms with E-state index in [0.717, 1.165) is 33.5 Å². The Labute approximate surface area is 144 Å². The summed E-state index contributed by atoms with van der Waals surface area (Å²) in [6.07, 6.45) is 0. The van der Waals surface area contributed by atoms with Crippen LogP contribution in [-0.4, -0.2) is 19.7 Å². The molecule has 2 aromatic heterocycles. The van der Waals surface area contributed by atoms with Crippen molar-refractivity contribution in [1.82, 2.24) is 19.7 Å². The number of nitrogens with zero attached hydrogens (tertiary/aromatic N) is 4. The standard InChI is InChI=1S/C18H17N5S/c1-13-21-22-17(24-13)11-19-18-20-15-9-5-6-10-16(15)23(18)12-14-7-3-2-4-8-14/h2-10H,11-12H2,1H3,(H,19,20). The van der Waals surface area contributed by atoms with E-state index in [0.29, 0.717) is 6.54 Å². The first-order valence-electron chi connectivity index (χ1n) is 7.81. The average Bonchev–Trinajstić information content (AvgIpc) is 3.18. The molecule has 0 unspecified atom stereocenters. The molecule has 0 aliphatic rings. The number of anilines is 1. The normalized spacial score (nSPS) is 11.0. The van der Waals surface area contributed by atoms with E-state index in [2.05, 4.69) is 50.4 Å². The maximum absolute atomic E-state index is 4.74. The minimum absolute atomic E-state index is 0.629. The molecule has 4 rings (SSSR count). The quantitative estimate of drug-likeness (QED) is 0.602. The van der Waals surface area contributed by atoms with Crippen LogP contribution in [0.2, 0.25) is 0 Å². The van der Waals surface area contributed by atoms with Gasteiger partial charge in [-0.05, 0) is 24.6 Å². The zero-order valence-electron chi connectivity index (χ0n) is 13.3. The van der Waals surface area contributed by atoms with Gasteiger partial charge in [-0.3, -0.25) is 0 Å². The summed E-state index contributed by atoms with van der Waals surface area (Å²) in [5.41, 5.74) is 3.36. The largest absolute Gasteiger partial charge is 0.349 e. The van der Waals surface area contributed by atoms with Crippen molar-refractivity contribution >= 4 is 28.3 Å². The highest BCUT2D eigenvalue weighted by molar-refractivity contribution is 7.11. The Balaban J connectivity index is 1.67. The highest BCUT2D eigenvalue weighted by Crippen LogP contribution is 2.22. The predicted octanol–water partition coefficient (Wildman–Crippen LogP) is 3.86. The second kappa shape index (κ2) is 6.41. The third kappa shape index (κ3) is 3.00. The molecule has 0 amide bonds. The summed E-state index contributed by atoms with van der Waals surface area (Å²) < 4.78 is 2.21. The van der Waals surface area contributed by atoms with Gasteiger partial charge in [0, 0.05) is 0 Å². The van der Waals surface area contributed by atoms with Crippen LogP contribution >= 0.6 is 11.3 Å². The molecule has 1 N–H and O–H groups in total. The molecule has 6 heteroatoms. The van der Waals surface area contributed by atoms with Crippen molar-refractivity contribution < 1.29 is 0 Å². The number of aromatic nitrogens is 4. The molecule has 0 aliphatic carbocycles. The predicted molar refractivity (Wildman–Crippen MR) is 97.2 cm³/mol. The Morgan fingerprint density at radius 2 is 1.79 bits per heavy atom. The number of rotatable bonds is 5. The number of fused-ring (bicyclic) bond motifs is 1. The molecule has 0 saturated heterocycles. The Hall–Kier alpha value is -2.73. The van der Waals surface area contributed by atoms with Crippen LogP contribution in [0.3, 0.4) is 0 Å². The molecular formula is C18H17N5S. The van der Waals surface area contributed by atoms with Crippen molar-refractivity contribution in [3.05, 3.63) is 70.2 Å². The molecule has 4 aromatic rings. The summed E-state index contributed by atoms with van der Waals surface area (Å²) in [6.45, 7) is 3.37. The Morgan fingerprint density at radius 3 is 2.58 bits per heavy atom. The summed E-state index contributed by atoms with van der Waals surface area (Å²) in [4.78, 5) is 4.74. The molecule has 0 aliphatic heterocycles. The monoisotopic (exact) mass is 335 g/mol. The highest BCUT2D eigenvalue weighted by atomic mass is 32.1. The van der Waals surface area contributed by atoms with E-state index in [9.17, 15) is 0 Å². The van der Waals surface area contributed by atoms with Gasteiger partial charge in [-0.1, -0.05) is 53.8 Å². The van der Waals surface area contributed by atoms with Gasteiger partial charge in [0.15, 0.2) is 0 Å². The van der Waals surface area contributed by atoms with Crippen LogP contribution in [0.1, 0.15) is 15.6 Å². The van der Waals surface area contributed by atoms with Crippen molar-refractivity contribution in [3.8, 4) is 0 Å². The molecule has 5 nitrogen and oxygen atoms in total. The number of hydrogen-bond donors (Lipinski definition) is 1. The molecule has 120 valence electrons. The molecular weight excluding hydrogens is 318 g/mol. The van der Waals surface area contributed by atoms with Crippen LogP contribution in [0, 0.1) is 6.92 Å². The van der Waals surface area contributed by atoms with E-state index in [4.69, 9.17) is 4.98 Å². The zero-order valence-corrected chi connectivity index (χ0v) is 14.1. The van der Waals surface area contributed by atoms with Gasteiger partial charge in [-0.15, -0.1) is 10.2 Å². The minimum Gasteiger partial charge on any atom is -0.349 e. The number of para-hydroxylation sites is 2. The van der Waals surface area contributed by atoms with Crippen molar-refractivity contribution in [1.29, 1.82) is 0 Å². The highest BCUT2D eigenvalue weighted by Gasteiger charge is 2.11. The minimum atomic E-state index is 0.629. The third-order valence-electron chi connectivity index (χ3n) is 3.80. The molecule has 2 heterocycles. The van der Waals surface area contributed by atoms with E-state index < -0.39 is 0 Å². The van der Waals surface area contributed by atoms with Gasteiger partial charge in [0.05, 0.1) is 24.1 Å². The molecule has 0 spiro atoms. The van der Waals surface area contributed by atoms with Crippen LogP contribution in [0.5, 0.6) is 0 Å². The first-order valence-corrected chi connectivity index (χ1v) is 8.63. The topological polar surface area (TPSA) is 55.6 Å². The summed E-state index contributed by atoms with van der Waals surface area (Å²) in [5.74, 6) is 0.855. The molecule has 2 aromatic carbocycles. The molecule has 24 heavy (non-hydrogen) atoms. The fourth-order valence-electron chi connectivity index (χ4n) is 2.70. The lowest BCUT2D eigenvalue weighted by Gasteiger charge is -2.10. The molecule has 0 bridgehead atoms. The number of aryl methyl sites for hydroxylation is 1. The summed E-state index contributed by atoms with van der Waals surface area (Å²) in [7, 11) is 0. The van der Waals surface area contributed by atoms with E-state index in [1.54, 1.807) is 11.3 Å². The Kier molecular flexibility index (Phi) is 3.96. The first-order chi connectivity index (χ1) is 11.8. The third-order valence-corrected chi connectivity index (χ3v) is 4.64. The number of benzene rings is 2. The van der Waals surface area contributed by atoms with E-state index in [1.807, 2.05) is 31.2 Å². The summed E-state index contributed by atoms with van der Waals surface area (Å²) in [5, 5.41) is 13.6. The lowest BCUT2D eigenvalue weighted by atomic mass is 10.2. The SMILES string of the molecule is Cc1nnc(CNc2nc3ccccc3n2Cc2ccccc2)s1.